The number of aryl methyl sites for hydroxylation is 2. The van der Waals surface area contributed by atoms with Crippen molar-refractivity contribution in [2.75, 3.05) is 0 Å². The lowest BCUT2D eigenvalue weighted by molar-refractivity contribution is 0.0955. The molecule has 0 saturated heterocycles. The lowest BCUT2D eigenvalue weighted by atomic mass is 10.2. The van der Waals surface area contributed by atoms with Crippen molar-refractivity contribution in [2.45, 2.75) is 13.8 Å². The Hall–Kier alpha value is -2.99. The van der Waals surface area contributed by atoms with Gasteiger partial charge < -0.3 is 0 Å². The molecule has 0 radical (unpaired) electrons. The second-order valence-corrected chi connectivity index (χ2v) is 5.83. The summed E-state index contributed by atoms with van der Waals surface area (Å²) in [4.78, 5) is 15.8. The van der Waals surface area contributed by atoms with Crippen LogP contribution in [0.15, 0.2) is 53.9 Å². The molecule has 126 valence electrons. The van der Waals surface area contributed by atoms with Crippen molar-refractivity contribution in [3.8, 4) is 5.69 Å². The first-order valence-electron chi connectivity index (χ1n) is 7.62. The van der Waals surface area contributed by atoms with Crippen molar-refractivity contribution >= 4 is 23.7 Å². The first kappa shape index (κ1) is 16.9. The van der Waals surface area contributed by atoms with Crippen LogP contribution in [0.4, 0.5) is 0 Å². The van der Waals surface area contributed by atoms with Crippen LogP contribution in [0.3, 0.4) is 0 Å². The summed E-state index contributed by atoms with van der Waals surface area (Å²) in [5.41, 5.74) is 6.33. The number of hydrogen-bond donors (Lipinski definition) is 1. The Balaban J connectivity index is 1.79. The minimum Gasteiger partial charge on any atom is -0.267 e. The van der Waals surface area contributed by atoms with E-state index in [1.165, 1.54) is 6.21 Å². The molecule has 0 aliphatic heterocycles. The van der Waals surface area contributed by atoms with Gasteiger partial charge in [-0.25, -0.2) is 10.1 Å². The smallest absolute Gasteiger partial charge is 0.267 e. The first-order valence-corrected chi connectivity index (χ1v) is 7.99. The number of halogens is 1. The van der Waals surface area contributed by atoms with Crippen molar-refractivity contribution in [1.82, 2.24) is 20.2 Å². The zero-order valence-corrected chi connectivity index (χ0v) is 14.5. The number of aromatic nitrogens is 3. The van der Waals surface area contributed by atoms with Gasteiger partial charge in [0, 0.05) is 18.0 Å². The van der Waals surface area contributed by atoms with Gasteiger partial charge in [0.25, 0.3) is 5.91 Å². The number of rotatable bonds is 4. The van der Waals surface area contributed by atoms with Crippen molar-refractivity contribution < 1.29 is 4.79 Å². The average molecular weight is 354 g/mol. The monoisotopic (exact) mass is 353 g/mol. The third-order valence-corrected chi connectivity index (χ3v) is 3.99. The van der Waals surface area contributed by atoms with Gasteiger partial charge in [-0.15, -0.1) is 0 Å². The highest BCUT2D eigenvalue weighted by molar-refractivity contribution is 6.32. The van der Waals surface area contributed by atoms with Gasteiger partial charge in [0.2, 0.25) is 0 Å². The minimum atomic E-state index is -0.321. The van der Waals surface area contributed by atoms with Gasteiger partial charge in [-0.2, -0.15) is 10.2 Å². The summed E-state index contributed by atoms with van der Waals surface area (Å²) in [5.74, 6) is -0.321. The maximum atomic E-state index is 12.0. The molecule has 0 fully saturated rings. The lowest BCUT2D eigenvalue weighted by Gasteiger charge is -2.03. The van der Waals surface area contributed by atoms with Gasteiger partial charge in [-0.05, 0) is 38.1 Å². The average Bonchev–Trinajstić information content (AvgIpc) is 2.91. The van der Waals surface area contributed by atoms with Crippen LogP contribution in [-0.4, -0.2) is 26.9 Å². The summed E-state index contributed by atoms with van der Waals surface area (Å²) in [6.45, 7) is 3.85. The van der Waals surface area contributed by atoms with E-state index in [0.717, 1.165) is 11.3 Å². The zero-order chi connectivity index (χ0) is 17.8. The van der Waals surface area contributed by atoms with E-state index in [4.69, 9.17) is 11.6 Å². The Morgan fingerprint density at radius 3 is 2.52 bits per heavy atom. The van der Waals surface area contributed by atoms with Crippen LogP contribution in [0.5, 0.6) is 0 Å². The largest absolute Gasteiger partial charge is 0.271 e. The van der Waals surface area contributed by atoms with Gasteiger partial charge in [0.1, 0.15) is 5.15 Å². The van der Waals surface area contributed by atoms with E-state index in [0.29, 0.717) is 22.0 Å². The highest BCUT2D eigenvalue weighted by Crippen LogP contribution is 2.22. The molecule has 6 nitrogen and oxygen atoms in total. The third kappa shape index (κ3) is 3.75. The van der Waals surface area contributed by atoms with E-state index in [1.54, 1.807) is 29.2 Å². The molecule has 1 amide bonds. The Morgan fingerprint density at radius 2 is 1.84 bits per heavy atom. The topological polar surface area (TPSA) is 72.2 Å². The normalized spacial score (nSPS) is 11.0. The van der Waals surface area contributed by atoms with Crippen molar-refractivity contribution in [3.63, 3.8) is 0 Å². The highest BCUT2D eigenvalue weighted by atomic mass is 35.5. The van der Waals surface area contributed by atoms with E-state index in [2.05, 4.69) is 20.6 Å². The number of carbonyl (C=O) groups excluding carboxylic acids is 1. The Morgan fingerprint density at radius 1 is 1.16 bits per heavy atom. The number of nitrogens with zero attached hydrogens (tertiary/aromatic N) is 4. The molecular weight excluding hydrogens is 338 g/mol. The third-order valence-electron chi connectivity index (χ3n) is 3.63. The van der Waals surface area contributed by atoms with E-state index < -0.39 is 0 Å². The molecular formula is C18H16ClN5O. The molecule has 0 bridgehead atoms. The van der Waals surface area contributed by atoms with Gasteiger partial charge in [-0.1, -0.05) is 29.3 Å². The van der Waals surface area contributed by atoms with Gasteiger partial charge in [-0.3, -0.25) is 9.78 Å². The van der Waals surface area contributed by atoms with E-state index in [-0.39, 0.29) is 5.91 Å². The van der Waals surface area contributed by atoms with E-state index >= 15 is 0 Å². The van der Waals surface area contributed by atoms with Gasteiger partial charge >= 0.3 is 0 Å². The second-order valence-electron chi connectivity index (χ2n) is 5.47. The molecule has 3 rings (SSSR count). The number of hydrazone groups is 1. The summed E-state index contributed by atoms with van der Waals surface area (Å²) in [6.07, 6.45) is 4.59. The van der Waals surface area contributed by atoms with Gasteiger partial charge in [0.05, 0.1) is 23.2 Å². The number of amides is 1. The summed E-state index contributed by atoms with van der Waals surface area (Å²) in [7, 11) is 0. The standard InChI is InChI=1S/C18H16ClN5O/c1-12-3-5-15(6-4-12)24-17(19)16(13(2)23-24)11-21-22-18(25)14-7-9-20-10-8-14/h3-11H,1-2H3,(H,22,25)/b21-11+. The molecule has 0 spiro atoms. The predicted octanol–water partition coefficient (Wildman–Crippen LogP) is 3.30. The zero-order valence-electron chi connectivity index (χ0n) is 13.8. The van der Waals surface area contributed by atoms with E-state index in [9.17, 15) is 4.79 Å². The highest BCUT2D eigenvalue weighted by Gasteiger charge is 2.13. The summed E-state index contributed by atoms with van der Waals surface area (Å²) < 4.78 is 1.64. The molecule has 3 aromatic rings. The number of pyridine rings is 1. The number of benzene rings is 1. The van der Waals surface area contributed by atoms with Crippen LogP contribution in [0, 0.1) is 13.8 Å². The number of hydrogen-bond acceptors (Lipinski definition) is 4. The minimum absolute atomic E-state index is 0.321. The van der Waals surface area contributed by atoms with Crippen molar-refractivity contribution in [1.29, 1.82) is 0 Å². The van der Waals surface area contributed by atoms with Crippen molar-refractivity contribution in [3.05, 3.63) is 76.3 Å². The van der Waals surface area contributed by atoms with Crippen LogP contribution < -0.4 is 5.43 Å². The SMILES string of the molecule is Cc1ccc(-n2nc(C)c(/C=N/NC(=O)c3ccncc3)c2Cl)cc1. The maximum absolute atomic E-state index is 12.0. The molecule has 1 N–H and O–H groups in total. The van der Waals surface area contributed by atoms with Gasteiger partial charge in [0.15, 0.2) is 0 Å². The molecule has 2 heterocycles. The fourth-order valence-corrected chi connectivity index (χ4v) is 2.56. The molecule has 1 aromatic carbocycles. The number of carbonyl (C=O) groups is 1. The maximum Gasteiger partial charge on any atom is 0.271 e. The van der Waals surface area contributed by atoms with Crippen LogP contribution >= 0.6 is 11.6 Å². The molecule has 0 atom stereocenters. The molecule has 7 heteroatoms. The lowest BCUT2D eigenvalue weighted by Crippen LogP contribution is -2.17. The molecule has 0 saturated carbocycles. The van der Waals surface area contributed by atoms with Crippen molar-refractivity contribution in [2.24, 2.45) is 5.10 Å². The van der Waals surface area contributed by atoms with Crippen LogP contribution in [-0.2, 0) is 0 Å². The quantitative estimate of drug-likeness (QED) is 0.577. The molecule has 2 aromatic heterocycles. The van der Waals surface area contributed by atoms with Crippen LogP contribution in [0.25, 0.3) is 5.69 Å². The van der Waals surface area contributed by atoms with Crippen LogP contribution in [0.1, 0.15) is 27.2 Å². The van der Waals surface area contributed by atoms with E-state index in [1.807, 2.05) is 38.1 Å². The summed E-state index contributed by atoms with van der Waals surface area (Å²) in [6, 6.07) is 11.1. The fraction of sp³-hybridized carbons (Fsp3) is 0.111. The number of nitrogens with one attached hydrogen (secondary N) is 1. The molecule has 0 aliphatic carbocycles. The van der Waals surface area contributed by atoms with Crippen LogP contribution in [0.2, 0.25) is 5.15 Å². The second kappa shape index (κ2) is 7.27. The molecule has 25 heavy (non-hydrogen) atoms. The Kier molecular flexibility index (Phi) is 4.90. The predicted molar refractivity (Wildman–Crippen MR) is 97.3 cm³/mol. The first-order chi connectivity index (χ1) is 12.1. The fourth-order valence-electron chi connectivity index (χ4n) is 2.24. The summed E-state index contributed by atoms with van der Waals surface area (Å²) in [5, 5.41) is 8.85. The Bertz CT molecular complexity index is 917. The molecule has 0 unspecified atom stereocenters. The molecule has 0 aliphatic rings. The summed E-state index contributed by atoms with van der Waals surface area (Å²) >= 11 is 6.42. The Labute approximate surface area is 150 Å².